The Morgan fingerprint density at radius 2 is 2.00 bits per heavy atom. The van der Waals surface area contributed by atoms with Gasteiger partial charge >= 0.3 is 5.69 Å². The van der Waals surface area contributed by atoms with Crippen molar-refractivity contribution in [2.24, 2.45) is 0 Å². The van der Waals surface area contributed by atoms with E-state index in [4.69, 9.17) is 0 Å². The van der Waals surface area contributed by atoms with E-state index in [-0.39, 0.29) is 22.9 Å². The van der Waals surface area contributed by atoms with E-state index in [1.165, 1.54) is 12.1 Å². The monoisotopic (exact) mass is 301 g/mol. The predicted molar refractivity (Wildman–Crippen MR) is 80.1 cm³/mol. The maximum atomic E-state index is 14.0. The molecular formula is C16H16FN3O2. The summed E-state index contributed by atoms with van der Waals surface area (Å²) in [6.07, 6.45) is 1.92. The van der Waals surface area contributed by atoms with Gasteiger partial charge in [0.2, 0.25) is 0 Å². The number of halogens is 1. The number of carbonyl (C=O) groups is 1. The fraction of sp³-hybridized carbons (Fsp3) is 0.312. The first-order chi connectivity index (χ1) is 10.5. The van der Waals surface area contributed by atoms with Crippen molar-refractivity contribution in [2.75, 3.05) is 13.1 Å². The summed E-state index contributed by atoms with van der Waals surface area (Å²) in [5.41, 5.74) is 0.749. The van der Waals surface area contributed by atoms with Crippen LogP contribution in [0.1, 0.15) is 28.9 Å². The zero-order chi connectivity index (χ0) is 15.7. The number of aromatic nitrogens is 2. The number of amides is 1. The minimum Gasteiger partial charge on any atom is -0.337 e. The van der Waals surface area contributed by atoms with Gasteiger partial charge in [-0.25, -0.2) is 9.18 Å². The number of hydrogen-bond donors (Lipinski definition) is 1. The van der Waals surface area contributed by atoms with Crippen LogP contribution in [0.4, 0.5) is 4.39 Å². The molecule has 0 saturated carbocycles. The first-order valence-corrected chi connectivity index (χ1v) is 7.22. The van der Waals surface area contributed by atoms with Crippen LogP contribution in [-0.4, -0.2) is 33.9 Å². The Bertz CT molecular complexity index is 779. The summed E-state index contributed by atoms with van der Waals surface area (Å²) < 4.78 is 14.0. The van der Waals surface area contributed by atoms with Crippen LogP contribution in [0.25, 0.3) is 11.3 Å². The molecule has 0 unspecified atom stereocenters. The number of benzene rings is 1. The minimum absolute atomic E-state index is 0.151. The molecule has 1 aromatic heterocycles. The maximum Gasteiger partial charge on any atom is 0.346 e. The van der Waals surface area contributed by atoms with Crippen LogP contribution in [-0.2, 0) is 0 Å². The molecule has 1 aliphatic rings. The molecule has 0 bridgehead atoms. The molecule has 0 atom stereocenters. The van der Waals surface area contributed by atoms with E-state index >= 15 is 0 Å². The van der Waals surface area contributed by atoms with E-state index in [1.807, 2.05) is 6.92 Å². The van der Waals surface area contributed by atoms with Gasteiger partial charge in [-0.15, -0.1) is 0 Å². The van der Waals surface area contributed by atoms with Gasteiger partial charge in [-0.1, -0.05) is 11.6 Å². The Labute approximate surface area is 126 Å². The van der Waals surface area contributed by atoms with Crippen LogP contribution in [0.15, 0.2) is 29.1 Å². The number of nitrogens with one attached hydrogen (secondary N) is 1. The van der Waals surface area contributed by atoms with E-state index in [0.717, 1.165) is 18.4 Å². The number of H-pyrrole nitrogens is 1. The smallest absolute Gasteiger partial charge is 0.337 e. The Morgan fingerprint density at radius 3 is 2.73 bits per heavy atom. The van der Waals surface area contributed by atoms with Crippen LogP contribution in [0.2, 0.25) is 0 Å². The van der Waals surface area contributed by atoms with Gasteiger partial charge in [0.25, 0.3) is 5.91 Å². The van der Waals surface area contributed by atoms with Crippen LogP contribution >= 0.6 is 0 Å². The molecule has 2 aromatic rings. The van der Waals surface area contributed by atoms with E-state index in [9.17, 15) is 14.0 Å². The largest absolute Gasteiger partial charge is 0.346 e. The molecule has 0 spiro atoms. The van der Waals surface area contributed by atoms with Crippen molar-refractivity contribution in [2.45, 2.75) is 19.8 Å². The molecule has 114 valence electrons. The Hall–Kier alpha value is -2.50. The second-order valence-electron chi connectivity index (χ2n) is 5.47. The lowest BCUT2D eigenvalue weighted by atomic mass is 10.1. The number of aryl methyl sites for hydroxylation is 1. The average molecular weight is 301 g/mol. The zero-order valence-corrected chi connectivity index (χ0v) is 12.2. The predicted octanol–water partition coefficient (Wildman–Crippen LogP) is 2.12. The fourth-order valence-corrected chi connectivity index (χ4v) is 2.64. The molecule has 1 saturated heterocycles. The summed E-state index contributed by atoms with van der Waals surface area (Å²) in [7, 11) is 0. The third-order valence-corrected chi connectivity index (χ3v) is 3.77. The van der Waals surface area contributed by atoms with Gasteiger partial charge in [0.1, 0.15) is 11.5 Å². The molecule has 1 amide bonds. The second kappa shape index (κ2) is 5.71. The van der Waals surface area contributed by atoms with Gasteiger partial charge in [0.15, 0.2) is 0 Å². The van der Waals surface area contributed by atoms with Crippen LogP contribution in [0, 0.1) is 12.7 Å². The Morgan fingerprint density at radius 1 is 1.27 bits per heavy atom. The van der Waals surface area contributed by atoms with Gasteiger partial charge in [-0.3, -0.25) is 4.79 Å². The third-order valence-electron chi connectivity index (χ3n) is 3.77. The molecule has 3 rings (SSSR count). The van der Waals surface area contributed by atoms with Gasteiger partial charge < -0.3 is 9.88 Å². The second-order valence-corrected chi connectivity index (χ2v) is 5.47. The number of rotatable bonds is 2. The maximum absolute atomic E-state index is 14.0. The molecule has 2 heterocycles. The summed E-state index contributed by atoms with van der Waals surface area (Å²) >= 11 is 0. The summed E-state index contributed by atoms with van der Waals surface area (Å²) in [5.74, 6) is -0.713. The first kappa shape index (κ1) is 14.4. The highest BCUT2D eigenvalue weighted by Gasteiger charge is 2.21. The Kier molecular flexibility index (Phi) is 3.75. The van der Waals surface area contributed by atoms with Crippen LogP contribution < -0.4 is 5.69 Å². The van der Waals surface area contributed by atoms with Crippen LogP contribution in [0.5, 0.6) is 0 Å². The van der Waals surface area contributed by atoms with Gasteiger partial charge in [0.05, 0.1) is 5.69 Å². The Balaban J connectivity index is 2.04. The van der Waals surface area contributed by atoms with Crippen molar-refractivity contribution in [3.63, 3.8) is 0 Å². The molecule has 5 nitrogen and oxygen atoms in total. The van der Waals surface area contributed by atoms with Crippen molar-refractivity contribution in [3.05, 3.63) is 51.8 Å². The molecule has 22 heavy (non-hydrogen) atoms. The third kappa shape index (κ3) is 2.77. The van der Waals surface area contributed by atoms with E-state index in [1.54, 1.807) is 17.0 Å². The number of hydrogen-bond acceptors (Lipinski definition) is 3. The van der Waals surface area contributed by atoms with Gasteiger partial charge in [0, 0.05) is 18.7 Å². The molecule has 6 heteroatoms. The summed E-state index contributed by atoms with van der Waals surface area (Å²) in [4.78, 5) is 32.0. The highest BCUT2D eigenvalue weighted by Crippen LogP contribution is 2.22. The van der Waals surface area contributed by atoms with Gasteiger partial charge in [-0.2, -0.15) is 4.98 Å². The van der Waals surface area contributed by atoms with Crippen molar-refractivity contribution in [1.29, 1.82) is 0 Å². The molecule has 1 N–H and O–H groups in total. The molecule has 1 fully saturated rings. The van der Waals surface area contributed by atoms with Crippen molar-refractivity contribution in [1.82, 2.24) is 14.9 Å². The van der Waals surface area contributed by atoms with Crippen molar-refractivity contribution in [3.8, 4) is 11.3 Å². The van der Waals surface area contributed by atoms with Crippen LogP contribution in [0.3, 0.4) is 0 Å². The molecule has 0 radical (unpaired) electrons. The van der Waals surface area contributed by atoms with Crippen molar-refractivity contribution >= 4 is 5.91 Å². The summed E-state index contributed by atoms with van der Waals surface area (Å²) in [5, 5.41) is 0. The molecule has 0 aliphatic carbocycles. The normalized spacial score (nSPS) is 14.4. The number of carbonyl (C=O) groups excluding carboxylic acids is 1. The summed E-state index contributed by atoms with van der Waals surface area (Å²) in [6, 6.07) is 6.03. The standard InChI is InChI=1S/C16H16FN3O2/c1-10-4-5-12(17)11(8-10)13-9-14(19-16(22)18-13)15(21)20-6-2-3-7-20/h4-5,8-9H,2-3,6-7H2,1H3,(H,18,19,22). The van der Waals surface area contributed by atoms with E-state index in [0.29, 0.717) is 13.1 Å². The molecule has 1 aromatic carbocycles. The van der Waals surface area contributed by atoms with E-state index < -0.39 is 11.5 Å². The lowest BCUT2D eigenvalue weighted by Crippen LogP contribution is -2.30. The first-order valence-electron chi connectivity index (χ1n) is 7.22. The molecule has 1 aliphatic heterocycles. The topological polar surface area (TPSA) is 66.1 Å². The SMILES string of the molecule is Cc1ccc(F)c(-c2cc(C(=O)N3CCCC3)[nH]c(=O)n2)c1. The quantitative estimate of drug-likeness (QED) is 0.924. The number of nitrogens with zero attached hydrogens (tertiary/aromatic N) is 2. The minimum atomic E-state index is -0.652. The highest BCUT2D eigenvalue weighted by atomic mass is 19.1. The zero-order valence-electron chi connectivity index (χ0n) is 12.2. The number of likely N-dealkylation sites (tertiary alicyclic amines) is 1. The summed E-state index contributed by atoms with van der Waals surface area (Å²) in [6.45, 7) is 3.18. The lowest BCUT2D eigenvalue weighted by Gasteiger charge is -2.15. The van der Waals surface area contributed by atoms with Crippen molar-refractivity contribution < 1.29 is 9.18 Å². The highest BCUT2D eigenvalue weighted by molar-refractivity contribution is 5.93. The molecular weight excluding hydrogens is 285 g/mol. The average Bonchev–Trinajstić information content (AvgIpc) is 3.02. The fourth-order valence-electron chi connectivity index (χ4n) is 2.64. The van der Waals surface area contributed by atoms with Gasteiger partial charge in [-0.05, 0) is 38.0 Å². The van der Waals surface area contributed by atoms with E-state index in [2.05, 4.69) is 9.97 Å². The lowest BCUT2D eigenvalue weighted by molar-refractivity contribution is 0.0786. The number of aromatic amines is 1.